The average molecular weight is 760 g/mol. The molecule has 1 amide bonds. The maximum atomic E-state index is 12.9. The fourth-order valence-electron chi connectivity index (χ4n) is 6.69. The molecule has 12 heteroatoms. The number of rotatable bonds is 13. The summed E-state index contributed by atoms with van der Waals surface area (Å²) in [7, 11) is -2.16. The Morgan fingerprint density at radius 3 is 2.00 bits per heavy atom. The lowest BCUT2D eigenvalue weighted by Crippen LogP contribution is -2.58. The van der Waals surface area contributed by atoms with Gasteiger partial charge in [-0.05, 0) is 41.7 Å². The Labute approximate surface area is 325 Å². The standard InChI is InChI=1S/C43H53N7O4Si/c1-30(2)39(51)47-41-46-38-37(40(48-41)52-27-31(3)24-44)45-29-50(38)36-26-49(25-35(54-36)28-53-55(7,8)42(4,5)6)43(32-18-12-9-13-19-32,33-20-14-10-15-21-33)34-22-16-11-17-23-34/h9-23,29-31,35-36H,25-28H2,1-8H3,(H,46,47,48,51)/t31?,35-,36+/m0/s1. The Kier molecular flexibility index (Phi) is 11.9. The Morgan fingerprint density at radius 2 is 1.49 bits per heavy atom. The van der Waals surface area contributed by atoms with Crippen molar-refractivity contribution in [2.45, 2.75) is 77.5 Å². The van der Waals surface area contributed by atoms with Crippen LogP contribution in [0.5, 0.6) is 5.88 Å². The molecule has 1 fully saturated rings. The molecule has 288 valence electrons. The van der Waals surface area contributed by atoms with Crippen molar-refractivity contribution in [1.29, 1.82) is 5.26 Å². The van der Waals surface area contributed by atoms with Crippen molar-refractivity contribution in [3.63, 3.8) is 0 Å². The van der Waals surface area contributed by atoms with E-state index in [-0.39, 0.29) is 47.3 Å². The van der Waals surface area contributed by atoms with Crippen molar-refractivity contribution < 1.29 is 18.7 Å². The van der Waals surface area contributed by atoms with Crippen molar-refractivity contribution in [3.05, 3.63) is 114 Å². The van der Waals surface area contributed by atoms with Gasteiger partial charge in [-0.15, -0.1) is 0 Å². The molecule has 3 aromatic carbocycles. The second-order valence-electron chi connectivity index (χ2n) is 16.2. The van der Waals surface area contributed by atoms with Crippen molar-refractivity contribution in [1.82, 2.24) is 24.4 Å². The number of hydrogen-bond donors (Lipinski definition) is 1. The van der Waals surface area contributed by atoms with Gasteiger partial charge in [0, 0.05) is 19.0 Å². The molecule has 1 saturated heterocycles. The number of aromatic nitrogens is 4. The highest BCUT2D eigenvalue weighted by molar-refractivity contribution is 6.74. The number of ether oxygens (including phenoxy) is 2. The Hall–Kier alpha value is -4.93. The monoisotopic (exact) mass is 759 g/mol. The summed E-state index contributed by atoms with van der Waals surface area (Å²) in [5.41, 5.74) is 3.49. The number of nitrogens with zero attached hydrogens (tertiary/aromatic N) is 6. The number of morpholine rings is 1. The van der Waals surface area contributed by atoms with Crippen LogP contribution in [0.4, 0.5) is 5.95 Å². The summed E-state index contributed by atoms with van der Waals surface area (Å²) in [6.45, 7) is 18.1. The number of carbonyl (C=O) groups is 1. The van der Waals surface area contributed by atoms with Gasteiger partial charge in [0.2, 0.25) is 17.7 Å². The SMILES string of the molecule is CC(C#N)COc1nc(NC(=O)C(C)C)nc2c1ncn2[C@H]1CN(C(c2ccccc2)(c2ccccc2)c2ccccc2)C[C@@H](CO[Si](C)(C)C(C)(C)C)O1. The minimum Gasteiger partial charge on any atom is -0.475 e. The van der Waals surface area contributed by atoms with Crippen LogP contribution < -0.4 is 10.1 Å². The minimum atomic E-state index is -2.16. The maximum absolute atomic E-state index is 12.9. The third kappa shape index (κ3) is 8.35. The number of benzene rings is 3. The van der Waals surface area contributed by atoms with Crippen LogP contribution in [0.3, 0.4) is 0 Å². The van der Waals surface area contributed by atoms with Crippen molar-refractivity contribution in [2.24, 2.45) is 11.8 Å². The molecule has 0 bridgehead atoms. The van der Waals surface area contributed by atoms with Gasteiger partial charge in [-0.25, -0.2) is 4.98 Å². The fourth-order valence-corrected chi connectivity index (χ4v) is 7.73. The van der Waals surface area contributed by atoms with Gasteiger partial charge in [-0.2, -0.15) is 15.2 Å². The summed E-state index contributed by atoms with van der Waals surface area (Å²) in [5.74, 6) is -0.651. The van der Waals surface area contributed by atoms with E-state index in [1.807, 2.05) is 22.8 Å². The summed E-state index contributed by atoms with van der Waals surface area (Å²) < 4.78 is 21.9. The number of anilines is 1. The summed E-state index contributed by atoms with van der Waals surface area (Å²) in [6, 6.07) is 34.1. The van der Waals surface area contributed by atoms with Crippen LogP contribution in [0.1, 0.15) is 64.5 Å². The smallest absolute Gasteiger partial charge is 0.247 e. The van der Waals surface area contributed by atoms with Crippen molar-refractivity contribution >= 4 is 31.3 Å². The van der Waals surface area contributed by atoms with Crippen molar-refractivity contribution in [3.8, 4) is 11.9 Å². The second kappa shape index (κ2) is 16.4. The average Bonchev–Trinajstić information content (AvgIpc) is 3.61. The second-order valence-corrected chi connectivity index (χ2v) is 21.0. The number of hydrogen-bond acceptors (Lipinski definition) is 9. The van der Waals surface area contributed by atoms with E-state index in [4.69, 9.17) is 23.9 Å². The summed E-state index contributed by atoms with van der Waals surface area (Å²) in [4.78, 5) is 29.5. The van der Waals surface area contributed by atoms with Crippen LogP contribution in [0, 0.1) is 23.2 Å². The highest BCUT2D eigenvalue weighted by atomic mass is 28.4. The molecule has 55 heavy (non-hydrogen) atoms. The van der Waals surface area contributed by atoms with E-state index >= 15 is 0 Å². The first kappa shape index (κ1) is 39.8. The van der Waals surface area contributed by atoms with Crippen LogP contribution in [-0.2, 0) is 19.5 Å². The highest BCUT2D eigenvalue weighted by Gasteiger charge is 2.47. The summed E-state index contributed by atoms with van der Waals surface area (Å²) in [6.07, 6.45) is 0.773. The molecule has 0 aliphatic carbocycles. The van der Waals surface area contributed by atoms with E-state index in [1.165, 1.54) is 0 Å². The topological polar surface area (TPSA) is 127 Å². The third-order valence-corrected chi connectivity index (χ3v) is 15.3. The summed E-state index contributed by atoms with van der Waals surface area (Å²) >= 11 is 0. The molecule has 1 unspecified atom stereocenters. The van der Waals surface area contributed by atoms with Crippen LogP contribution in [0.25, 0.3) is 11.2 Å². The van der Waals surface area contributed by atoms with E-state index in [0.29, 0.717) is 30.9 Å². The van der Waals surface area contributed by atoms with E-state index in [2.05, 4.69) is 128 Å². The maximum Gasteiger partial charge on any atom is 0.247 e. The predicted molar refractivity (Wildman–Crippen MR) is 217 cm³/mol. The molecule has 3 heterocycles. The molecular formula is C43H53N7O4Si. The van der Waals surface area contributed by atoms with E-state index in [1.54, 1.807) is 27.1 Å². The minimum absolute atomic E-state index is 0.0103. The van der Waals surface area contributed by atoms with Gasteiger partial charge in [-0.3, -0.25) is 19.6 Å². The molecule has 1 aliphatic heterocycles. The van der Waals surface area contributed by atoms with Gasteiger partial charge >= 0.3 is 0 Å². The molecular weight excluding hydrogens is 707 g/mol. The number of nitriles is 1. The number of fused-ring (bicyclic) bond motifs is 1. The molecule has 0 saturated carbocycles. The van der Waals surface area contributed by atoms with Gasteiger partial charge in [0.05, 0.1) is 36.6 Å². The normalized spacial score (nSPS) is 17.5. The molecule has 6 rings (SSSR count). The zero-order valence-corrected chi connectivity index (χ0v) is 34.2. The van der Waals surface area contributed by atoms with Crippen LogP contribution in [0.15, 0.2) is 97.3 Å². The molecule has 1 N–H and O–H groups in total. The van der Waals surface area contributed by atoms with E-state index < -0.39 is 20.1 Å². The number of nitrogens with one attached hydrogen (secondary N) is 1. The first-order valence-electron chi connectivity index (χ1n) is 19.0. The molecule has 2 aromatic heterocycles. The first-order chi connectivity index (χ1) is 26.2. The number of imidazole rings is 1. The van der Waals surface area contributed by atoms with Gasteiger partial charge in [0.1, 0.15) is 12.8 Å². The van der Waals surface area contributed by atoms with Crippen LogP contribution >= 0.6 is 0 Å². The lowest BCUT2D eigenvalue weighted by Gasteiger charge is -2.51. The Morgan fingerprint density at radius 1 is 0.927 bits per heavy atom. The van der Waals surface area contributed by atoms with Gasteiger partial charge in [0.15, 0.2) is 19.5 Å². The molecule has 0 spiro atoms. The van der Waals surface area contributed by atoms with E-state index in [0.717, 1.165) is 16.7 Å². The fraction of sp³-hybridized carbons (Fsp3) is 0.419. The number of amides is 1. The zero-order chi connectivity index (χ0) is 39.4. The zero-order valence-electron chi connectivity index (χ0n) is 33.2. The lowest BCUT2D eigenvalue weighted by atomic mass is 9.75. The Bertz CT molecular complexity index is 2000. The molecule has 0 radical (unpaired) electrons. The van der Waals surface area contributed by atoms with Crippen LogP contribution in [-0.4, -0.2) is 71.1 Å². The molecule has 11 nitrogen and oxygen atoms in total. The van der Waals surface area contributed by atoms with Gasteiger partial charge in [-0.1, -0.05) is 126 Å². The van der Waals surface area contributed by atoms with Crippen LogP contribution in [0.2, 0.25) is 18.1 Å². The van der Waals surface area contributed by atoms with Crippen molar-refractivity contribution in [2.75, 3.05) is 31.6 Å². The Balaban J connectivity index is 1.53. The largest absolute Gasteiger partial charge is 0.475 e. The van der Waals surface area contributed by atoms with Gasteiger partial charge < -0.3 is 13.9 Å². The molecule has 1 aliphatic rings. The lowest BCUT2D eigenvalue weighted by molar-refractivity contribution is -0.146. The molecule has 5 aromatic rings. The van der Waals surface area contributed by atoms with Gasteiger partial charge in [0.25, 0.3) is 0 Å². The number of carbonyl (C=O) groups excluding carboxylic acids is 1. The quantitative estimate of drug-likeness (QED) is 0.0934. The highest BCUT2D eigenvalue weighted by Crippen LogP contribution is 2.45. The molecule has 3 atom stereocenters. The third-order valence-electron chi connectivity index (χ3n) is 10.8. The first-order valence-corrected chi connectivity index (χ1v) is 21.9. The van der Waals surface area contributed by atoms with E-state index in [9.17, 15) is 10.1 Å². The summed E-state index contributed by atoms with van der Waals surface area (Å²) in [5, 5.41) is 12.3. The predicted octanol–water partition coefficient (Wildman–Crippen LogP) is 8.17.